The first-order valence-corrected chi connectivity index (χ1v) is 6.10. The molecule has 116 valence electrons. The van der Waals surface area contributed by atoms with E-state index in [1.54, 1.807) is 0 Å². The van der Waals surface area contributed by atoms with Gasteiger partial charge in [0.05, 0.1) is 4.92 Å². The Labute approximate surface area is 126 Å². The standard InChI is InChI=1S/C12H7ClF3N3O3/c1-6-17-10(12(14,15)16)9(11(13)18-6)22-8-4-2-7(3-5-8)19(20)21/h2-5H,1H3. The summed E-state index contributed by atoms with van der Waals surface area (Å²) < 4.78 is 43.9. The Morgan fingerprint density at radius 1 is 1.23 bits per heavy atom. The fourth-order valence-corrected chi connectivity index (χ4v) is 1.81. The second-order valence-electron chi connectivity index (χ2n) is 4.09. The Morgan fingerprint density at radius 3 is 2.32 bits per heavy atom. The van der Waals surface area contributed by atoms with E-state index in [9.17, 15) is 23.3 Å². The first-order valence-electron chi connectivity index (χ1n) is 5.72. The molecule has 10 heteroatoms. The molecule has 0 aliphatic carbocycles. The summed E-state index contributed by atoms with van der Waals surface area (Å²) in [6.07, 6.45) is -4.78. The first-order chi connectivity index (χ1) is 10.2. The summed E-state index contributed by atoms with van der Waals surface area (Å²) in [7, 11) is 0. The number of nitrogens with zero attached hydrogens (tertiary/aromatic N) is 3. The summed E-state index contributed by atoms with van der Waals surface area (Å²) in [6.45, 7) is 1.26. The van der Waals surface area contributed by atoms with E-state index in [4.69, 9.17) is 16.3 Å². The number of nitro groups is 1. The first kappa shape index (κ1) is 16.0. The van der Waals surface area contributed by atoms with Crippen LogP contribution >= 0.6 is 11.6 Å². The molecule has 2 rings (SSSR count). The Kier molecular flexibility index (Phi) is 4.18. The predicted molar refractivity (Wildman–Crippen MR) is 70.0 cm³/mol. The number of halogens is 4. The maximum atomic E-state index is 13.0. The zero-order valence-electron chi connectivity index (χ0n) is 10.9. The summed E-state index contributed by atoms with van der Waals surface area (Å²) in [5.74, 6) is -0.979. The second kappa shape index (κ2) is 5.76. The number of aromatic nitrogens is 2. The topological polar surface area (TPSA) is 78.2 Å². The largest absolute Gasteiger partial charge is 0.452 e. The zero-order chi connectivity index (χ0) is 16.5. The number of hydrogen-bond donors (Lipinski definition) is 0. The van der Waals surface area contributed by atoms with Crippen molar-refractivity contribution in [1.29, 1.82) is 0 Å². The molecular formula is C12H7ClF3N3O3. The van der Waals surface area contributed by atoms with Crippen molar-refractivity contribution in [1.82, 2.24) is 9.97 Å². The lowest BCUT2D eigenvalue weighted by molar-refractivity contribution is -0.384. The molecule has 1 aromatic heterocycles. The van der Waals surface area contributed by atoms with Gasteiger partial charge in [-0.15, -0.1) is 0 Å². The highest BCUT2D eigenvalue weighted by Crippen LogP contribution is 2.40. The van der Waals surface area contributed by atoms with Crippen LogP contribution in [-0.4, -0.2) is 14.9 Å². The maximum Gasteiger partial charge on any atom is 0.437 e. The van der Waals surface area contributed by atoms with Crippen LogP contribution < -0.4 is 4.74 Å². The summed E-state index contributed by atoms with van der Waals surface area (Å²) >= 11 is 5.69. The van der Waals surface area contributed by atoms with Crippen LogP contribution in [0.5, 0.6) is 11.5 Å². The Morgan fingerprint density at radius 2 is 1.82 bits per heavy atom. The van der Waals surface area contributed by atoms with Crippen molar-refractivity contribution >= 4 is 17.3 Å². The Hall–Kier alpha value is -2.42. The molecule has 22 heavy (non-hydrogen) atoms. The second-order valence-corrected chi connectivity index (χ2v) is 4.45. The molecule has 0 N–H and O–H groups in total. The molecule has 0 saturated heterocycles. The van der Waals surface area contributed by atoms with Gasteiger partial charge in [0.15, 0.2) is 16.6 Å². The average molecular weight is 334 g/mol. The monoisotopic (exact) mass is 333 g/mol. The fourth-order valence-electron chi connectivity index (χ4n) is 1.56. The van der Waals surface area contributed by atoms with Crippen molar-refractivity contribution in [2.45, 2.75) is 13.1 Å². The van der Waals surface area contributed by atoms with E-state index in [1.807, 2.05) is 0 Å². The van der Waals surface area contributed by atoms with Crippen molar-refractivity contribution < 1.29 is 22.8 Å². The minimum Gasteiger partial charge on any atom is -0.452 e. The van der Waals surface area contributed by atoms with Gasteiger partial charge in [0.25, 0.3) is 5.69 Å². The van der Waals surface area contributed by atoms with Crippen molar-refractivity contribution in [3.05, 3.63) is 51.1 Å². The average Bonchev–Trinajstić information content (AvgIpc) is 2.41. The molecule has 0 fully saturated rings. The van der Waals surface area contributed by atoms with E-state index in [1.165, 1.54) is 6.92 Å². The zero-order valence-corrected chi connectivity index (χ0v) is 11.6. The van der Waals surface area contributed by atoms with Gasteiger partial charge in [0.1, 0.15) is 11.6 Å². The van der Waals surface area contributed by atoms with Gasteiger partial charge in [0.2, 0.25) is 0 Å². The van der Waals surface area contributed by atoms with Gasteiger partial charge in [-0.2, -0.15) is 13.2 Å². The van der Waals surface area contributed by atoms with Crippen LogP contribution in [0, 0.1) is 17.0 Å². The Balaban J connectivity index is 2.42. The van der Waals surface area contributed by atoms with Gasteiger partial charge in [-0.3, -0.25) is 10.1 Å². The summed E-state index contributed by atoms with van der Waals surface area (Å²) in [6, 6.07) is 4.47. The molecule has 6 nitrogen and oxygen atoms in total. The molecular weight excluding hydrogens is 327 g/mol. The minimum absolute atomic E-state index is 0.0644. The van der Waals surface area contributed by atoms with E-state index in [2.05, 4.69) is 9.97 Å². The Bertz CT molecular complexity index is 720. The number of aryl methyl sites for hydroxylation is 1. The number of alkyl halides is 3. The molecule has 0 radical (unpaired) electrons. The number of rotatable bonds is 3. The quantitative estimate of drug-likeness (QED) is 0.479. The van der Waals surface area contributed by atoms with Crippen molar-refractivity contribution in [2.24, 2.45) is 0 Å². The lowest BCUT2D eigenvalue weighted by Gasteiger charge is -2.14. The van der Waals surface area contributed by atoms with Crippen LogP contribution in [0.25, 0.3) is 0 Å². The van der Waals surface area contributed by atoms with Gasteiger partial charge in [-0.25, -0.2) is 9.97 Å². The highest BCUT2D eigenvalue weighted by Gasteiger charge is 2.38. The van der Waals surface area contributed by atoms with Gasteiger partial charge in [-0.1, -0.05) is 11.6 Å². The molecule has 1 aromatic carbocycles. The van der Waals surface area contributed by atoms with Gasteiger partial charge in [-0.05, 0) is 19.1 Å². The summed E-state index contributed by atoms with van der Waals surface area (Å²) in [4.78, 5) is 16.8. The molecule has 0 aliphatic heterocycles. The highest BCUT2D eigenvalue weighted by molar-refractivity contribution is 6.30. The van der Waals surface area contributed by atoms with E-state index < -0.39 is 27.7 Å². The number of benzene rings is 1. The maximum absolute atomic E-state index is 13.0. The smallest absolute Gasteiger partial charge is 0.437 e. The van der Waals surface area contributed by atoms with Gasteiger partial charge < -0.3 is 4.74 Å². The van der Waals surface area contributed by atoms with Crippen LogP contribution in [0.2, 0.25) is 5.15 Å². The van der Waals surface area contributed by atoms with Gasteiger partial charge in [0, 0.05) is 12.1 Å². The van der Waals surface area contributed by atoms with Crippen LogP contribution in [0.1, 0.15) is 11.5 Å². The summed E-state index contributed by atoms with van der Waals surface area (Å²) in [5.41, 5.74) is -1.54. The minimum atomic E-state index is -4.78. The third-order valence-corrected chi connectivity index (χ3v) is 2.73. The molecule has 0 amide bonds. The van der Waals surface area contributed by atoms with Crippen LogP contribution in [0.15, 0.2) is 24.3 Å². The number of ether oxygens (including phenoxy) is 1. The molecule has 0 bridgehead atoms. The van der Waals surface area contributed by atoms with E-state index in [0.717, 1.165) is 24.3 Å². The predicted octanol–water partition coefficient (Wildman–Crippen LogP) is 4.16. The van der Waals surface area contributed by atoms with Crippen molar-refractivity contribution in [2.75, 3.05) is 0 Å². The molecule has 0 spiro atoms. The van der Waals surface area contributed by atoms with E-state index in [0.29, 0.717) is 0 Å². The van der Waals surface area contributed by atoms with Crippen LogP contribution in [0.4, 0.5) is 18.9 Å². The van der Waals surface area contributed by atoms with Gasteiger partial charge >= 0.3 is 6.18 Å². The highest BCUT2D eigenvalue weighted by atomic mass is 35.5. The van der Waals surface area contributed by atoms with E-state index in [-0.39, 0.29) is 17.3 Å². The molecule has 2 aromatic rings. The lowest BCUT2D eigenvalue weighted by Crippen LogP contribution is -2.12. The van der Waals surface area contributed by atoms with Crippen LogP contribution in [0.3, 0.4) is 0 Å². The molecule has 0 unspecified atom stereocenters. The number of nitro benzene ring substituents is 1. The SMILES string of the molecule is Cc1nc(Cl)c(Oc2ccc([N+](=O)[O-])cc2)c(C(F)(F)F)n1. The molecule has 0 saturated carbocycles. The fraction of sp³-hybridized carbons (Fsp3) is 0.167. The third-order valence-electron chi connectivity index (χ3n) is 2.47. The number of non-ortho nitro benzene ring substituents is 1. The number of hydrogen-bond acceptors (Lipinski definition) is 5. The summed E-state index contributed by atoms with van der Waals surface area (Å²) in [5, 5.41) is 10.0. The molecule has 0 aliphatic rings. The van der Waals surface area contributed by atoms with Crippen molar-refractivity contribution in [3.63, 3.8) is 0 Å². The van der Waals surface area contributed by atoms with Crippen molar-refractivity contribution in [3.8, 4) is 11.5 Å². The normalized spacial score (nSPS) is 11.3. The third kappa shape index (κ3) is 3.42. The molecule has 1 heterocycles. The molecule has 0 atom stereocenters. The lowest BCUT2D eigenvalue weighted by atomic mass is 10.3. The van der Waals surface area contributed by atoms with E-state index >= 15 is 0 Å². The van der Waals surface area contributed by atoms with Crippen LogP contribution in [-0.2, 0) is 6.18 Å².